The number of hydrogen-bond acceptors (Lipinski definition) is 18. The van der Waals surface area contributed by atoms with Gasteiger partial charge < -0.3 is 59.9 Å². The third-order valence-electron chi connectivity index (χ3n) is 20.4. The van der Waals surface area contributed by atoms with E-state index < -0.39 is 14.3 Å². The van der Waals surface area contributed by atoms with Crippen molar-refractivity contribution >= 4 is 120 Å². The SMILES string of the molecule is COc1cc(N2CCC(N3CCCCC3)CC2)c(-c2cnn(C)c2)cc1N.COc1cc(N2CCC(N3CCCCC3)CC2)c(-c2cnn(C)c2)cc1Nc1ncc(Br)c(Nc2ccc(C3CC3)c(C)c2P(C)(C)=O)n1.Cc1c(C2CC2)ccc(Nc2nc(Cl)ncc2Br)c1P(C)(C)=O. The van der Waals surface area contributed by atoms with E-state index in [4.69, 9.17) is 31.8 Å². The van der Waals surface area contributed by atoms with E-state index in [0.717, 1.165) is 118 Å². The minimum Gasteiger partial charge on any atom is -0.495 e. The van der Waals surface area contributed by atoms with Gasteiger partial charge in [0.15, 0.2) is 0 Å². The molecule has 528 valence electrons. The normalized spacial score (nSPS) is 17.5. The number of methoxy groups -OCH3 is 2. The summed E-state index contributed by atoms with van der Waals surface area (Å²) in [5.41, 5.74) is 20.8. The Morgan fingerprint density at radius 1 is 0.535 bits per heavy atom. The topological polar surface area (TPSA) is 215 Å². The molecule has 14 rings (SSSR count). The number of nitrogens with zero attached hydrogens (tertiary/aromatic N) is 12. The lowest BCUT2D eigenvalue weighted by atomic mass is 9.97. The van der Waals surface area contributed by atoms with Crippen LogP contribution >= 0.6 is 57.7 Å². The van der Waals surface area contributed by atoms with Crippen LogP contribution in [0.5, 0.6) is 11.5 Å². The highest BCUT2D eigenvalue weighted by atomic mass is 79.9. The number of anilines is 9. The summed E-state index contributed by atoms with van der Waals surface area (Å²) < 4.78 is 43.0. The van der Waals surface area contributed by atoms with Gasteiger partial charge in [-0.05, 0) is 246 Å². The largest absolute Gasteiger partial charge is 0.495 e. The smallest absolute Gasteiger partial charge is 0.229 e. The lowest BCUT2D eigenvalue weighted by Crippen LogP contribution is -2.46. The van der Waals surface area contributed by atoms with Crippen LogP contribution in [0.25, 0.3) is 22.3 Å². The molecule has 0 radical (unpaired) electrons. The van der Waals surface area contributed by atoms with Gasteiger partial charge in [0.25, 0.3) is 0 Å². The van der Waals surface area contributed by atoms with Crippen LogP contribution in [0.4, 0.5) is 51.7 Å². The van der Waals surface area contributed by atoms with Crippen LogP contribution in [0.1, 0.15) is 124 Å². The monoisotopic (exact) mass is 1530 g/mol. The molecule has 25 heteroatoms. The number of likely N-dealkylation sites (tertiary alicyclic amines) is 2. The lowest BCUT2D eigenvalue weighted by molar-refractivity contribution is 0.141. The highest BCUT2D eigenvalue weighted by molar-refractivity contribution is 9.11. The highest BCUT2D eigenvalue weighted by Crippen LogP contribution is 2.50. The molecule has 8 heterocycles. The van der Waals surface area contributed by atoms with Gasteiger partial charge in [-0.15, -0.1) is 0 Å². The molecule has 20 nitrogen and oxygen atoms in total. The maximum absolute atomic E-state index is 13.6. The number of aromatic nitrogens is 8. The molecule has 4 aliphatic heterocycles. The number of nitrogen functional groups attached to an aromatic ring is 1. The van der Waals surface area contributed by atoms with Gasteiger partial charge >= 0.3 is 0 Å². The van der Waals surface area contributed by atoms with Crippen LogP contribution in [0.3, 0.4) is 0 Å². The first kappa shape index (κ1) is 72.3. The van der Waals surface area contributed by atoms with Crippen LogP contribution in [-0.2, 0) is 23.2 Å². The molecular weight excluding hydrogens is 1430 g/mol. The summed E-state index contributed by atoms with van der Waals surface area (Å²) in [4.78, 5) is 28.0. The van der Waals surface area contributed by atoms with Crippen LogP contribution < -0.4 is 51.6 Å². The summed E-state index contributed by atoms with van der Waals surface area (Å²) in [6.45, 7) is 20.6. The van der Waals surface area contributed by atoms with Crippen molar-refractivity contribution in [2.24, 2.45) is 14.1 Å². The fourth-order valence-corrected chi connectivity index (χ4v) is 19.2. The second-order valence-electron chi connectivity index (χ2n) is 28.3. The molecule has 0 amide bonds. The number of ether oxygens (including phenoxy) is 2. The van der Waals surface area contributed by atoms with Crippen LogP contribution in [0.2, 0.25) is 5.28 Å². The first-order chi connectivity index (χ1) is 47.5. The fourth-order valence-electron chi connectivity index (χ4n) is 15.2. The third-order valence-corrected chi connectivity index (χ3v) is 25.0. The van der Waals surface area contributed by atoms with Crippen molar-refractivity contribution in [1.29, 1.82) is 0 Å². The summed E-state index contributed by atoms with van der Waals surface area (Å²) in [6.07, 6.45) is 29.0. The Morgan fingerprint density at radius 2 is 0.970 bits per heavy atom. The highest BCUT2D eigenvalue weighted by Gasteiger charge is 2.34. The summed E-state index contributed by atoms with van der Waals surface area (Å²) in [5.74, 6) is 4.23. The average Bonchev–Trinajstić information content (AvgIpc) is 1.76. The van der Waals surface area contributed by atoms with Crippen molar-refractivity contribution in [1.82, 2.24) is 49.3 Å². The van der Waals surface area contributed by atoms with Gasteiger partial charge in [0.1, 0.15) is 37.4 Å². The fraction of sp³-hybridized carbons (Fsp3) is 0.486. The molecule has 0 unspecified atom stereocenters. The quantitative estimate of drug-likeness (QED) is 0.0357. The first-order valence-corrected chi connectivity index (χ1v) is 42.2. The van der Waals surface area contributed by atoms with Crippen molar-refractivity contribution in [3.63, 3.8) is 0 Å². The number of piperidine rings is 4. The predicted octanol–water partition coefficient (Wildman–Crippen LogP) is 16.2. The molecule has 0 spiro atoms. The van der Waals surface area contributed by atoms with E-state index in [2.05, 4.69) is 149 Å². The molecule has 5 N–H and O–H groups in total. The Bertz CT molecular complexity index is 4280. The van der Waals surface area contributed by atoms with E-state index in [1.54, 1.807) is 39.9 Å². The van der Waals surface area contributed by atoms with Gasteiger partial charge in [0, 0.05) is 134 Å². The zero-order valence-corrected chi connectivity index (χ0v) is 64.8. The number of aryl methyl sites for hydroxylation is 2. The zero-order valence-electron chi connectivity index (χ0n) is 59.1. The Morgan fingerprint density at radius 3 is 1.39 bits per heavy atom. The average molecular weight is 1530 g/mol. The molecule has 8 aromatic rings. The molecule has 0 atom stereocenters. The van der Waals surface area contributed by atoms with Gasteiger partial charge in [0.2, 0.25) is 11.2 Å². The van der Waals surface area contributed by atoms with E-state index >= 15 is 0 Å². The van der Waals surface area contributed by atoms with Crippen LogP contribution in [0, 0.1) is 13.8 Å². The summed E-state index contributed by atoms with van der Waals surface area (Å²) in [6, 6.07) is 18.1. The Hall–Kier alpha value is -6.51. The maximum Gasteiger partial charge on any atom is 0.229 e. The number of hydrogen-bond donors (Lipinski definition) is 4. The van der Waals surface area contributed by atoms with Crippen molar-refractivity contribution in [2.45, 2.75) is 128 Å². The Labute approximate surface area is 606 Å². The van der Waals surface area contributed by atoms with Gasteiger partial charge in [-0.3, -0.25) is 9.36 Å². The van der Waals surface area contributed by atoms with Gasteiger partial charge in [-0.25, -0.2) is 9.97 Å². The van der Waals surface area contributed by atoms with Crippen LogP contribution in [0.15, 0.2) is 94.7 Å². The number of rotatable bonds is 18. The Kier molecular flexibility index (Phi) is 22.9. The molecule has 4 aromatic heterocycles. The van der Waals surface area contributed by atoms with Crippen LogP contribution in [-0.4, -0.2) is 155 Å². The van der Waals surface area contributed by atoms with Gasteiger partial charge in [0.05, 0.1) is 58.3 Å². The second-order valence-corrected chi connectivity index (χ2v) is 36.7. The van der Waals surface area contributed by atoms with Gasteiger partial charge in [-0.1, -0.05) is 25.0 Å². The maximum atomic E-state index is 13.6. The number of halogens is 3. The summed E-state index contributed by atoms with van der Waals surface area (Å²) in [5, 5.41) is 21.0. The molecule has 0 bridgehead atoms. The zero-order chi connectivity index (χ0) is 69.9. The second kappa shape index (κ2) is 31.4. The number of nitrogens with one attached hydrogen (secondary N) is 3. The van der Waals surface area contributed by atoms with E-state index in [9.17, 15) is 9.13 Å². The molecule has 2 aliphatic carbocycles. The molecule has 2 saturated carbocycles. The van der Waals surface area contributed by atoms with E-state index in [-0.39, 0.29) is 5.28 Å². The molecule has 6 aliphatic rings. The van der Waals surface area contributed by atoms with E-state index in [1.807, 2.05) is 67.5 Å². The van der Waals surface area contributed by atoms with Crippen molar-refractivity contribution in [2.75, 3.05) is 125 Å². The molecule has 6 fully saturated rings. The molecule has 4 aromatic carbocycles. The lowest BCUT2D eigenvalue weighted by Gasteiger charge is -2.41. The minimum atomic E-state index is -2.59. The van der Waals surface area contributed by atoms with Gasteiger partial charge in [-0.2, -0.15) is 20.2 Å². The molecule has 99 heavy (non-hydrogen) atoms. The summed E-state index contributed by atoms with van der Waals surface area (Å²) >= 11 is 12.9. The number of benzene rings is 4. The minimum absolute atomic E-state index is 0.166. The predicted molar refractivity (Wildman–Crippen MR) is 415 cm³/mol. The Balaban J connectivity index is 0.000000156. The molecule has 4 saturated heterocycles. The third kappa shape index (κ3) is 17.4. The molecular formula is C74H97Br2ClN16O4P2. The van der Waals surface area contributed by atoms with Crippen molar-refractivity contribution in [3.8, 4) is 33.8 Å². The number of nitrogens with two attached hydrogens (primary N) is 1. The van der Waals surface area contributed by atoms with Crippen molar-refractivity contribution < 1.29 is 18.6 Å². The van der Waals surface area contributed by atoms with E-state index in [1.165, 1.54) is 120 Å². The summed E-state index contributed by atoms with van der Waals surface area (Å²) in [7, 11) is 2.24. The van der Waals surface area contributed by atoms with E-state index in [0.29, 0.717) is 55.8 Å². The first-order valence-electron chi connectivity index (χ1n) is 35.1. The standard InChI is InChI=1S/C37H48BrN8O2P.C21H31N5O.C16H18BrClN3OP/c1-24-28(25-9-10-25)11-12-31(35(24)49(4,5)47)41-36-30(38)22-39-37(43-36)42-32-19-29(26-21-40-44(2)23-26)33(20-34(32)48-3)46-17-13-27(14-18-46)45-15-7-6-8-16-45;1-24-15-16(14-23-24)18-12-19(22)21(27-2)13-20(18)26-10-6-17(7-11-26)25-8-4-3-5-9-25;1-9-11(10-4-5-10)6-7-13(14(9)23(2,3)22)20-15-12(17)8-19-16(18)21-15/h11-12,19-23,25,27H,6-10,13-18H2,1-5H3,(H2,39,41,42,43);12-15,17H,3-11,22H2,1-2H3;6-8,10H,4-5H2,1-3H3,(H,19,20,21). The van der Waals surface area contributed by atoms with Crippen molar-refractivity contribution in [3.05, 3.63) is 122 Å².